The summed E-state index contributed by atoms with van der Waals surface area (Å²) in [5.74, 6) is 1.17. The topological polar surface area (TPSA) is 62.8 Å². The molecule has 1 aromatic heterocycles. The molecule has 2 N–H and O–H groups in total. The molecule has 1 atom stereocenters. The number of aliphatic hydroxyl groups is 1. The monoisotopic (exact) mass is 550 g/mol. The number of aromatic nitrogens is 1. The molecule has 0 bridgehead atoms. The first kappa shape index (κ1) is 27.3. The number of thioether (sulfide) groups is 1. The maximum atomic E-state index is 10.9. The van der Waals surface area contributed by atoms with Gasteiger partial charge in [-0.25, -0.2) is 0 Å². The van der Waals surface area contributed by atoms with Crippen LogP contribution in [0.4, 0.5) is 0 Å². The van der Waals surface area contributed by atoms with Gasteiger partial charge in [-0.2, -0.15) is 11.8 Å². The molecule has 202 valence electrons. The van der Waals surface area contributed by atoms with Crippen LogP contribution in [0.15, 0.2) is 134 Å². The molecule has 0 spiro atoms. The Hall–Kier alpha value is -4.26. The largest absolute Gasteiger partial charge is 0.477 e. The highest BCUT2D eigenvalue weighted by Crippen LogP contribution is 2.38. The molecule has 0 radical (unpaired) electrons. The molecule has 0 fully saturated rings. The Morgan fingerprint density at radius 2 is 1.00 bits per heavy atom. The van der Waals surface area contributed by atoms with E-state index in [9.17, 15) is 10.3 Å². The molecule has 0 amide bonds. The van der Waals surface area contributed by atoms with Crippen molar-refractivity contribution in [3.05, 3.63) is 162 Å². The first-order valence-corrected chi connectivity index (χ1v) is 14.5. The van der Waals surface area contributed by atoms with Crippen molar-refractivity contribution in [2.45, 2.75) is 18.3 Å². The molecule has 5 rings (SSSR count). The third kappa shape index (κ3) is 6.47. The minimum atomic E-state index is -0.901. The zero-order valence-corrected chi connectivity index (χ0v) is 23.0. The molecule has 0 aliphatic carbocycles. The predicted octanol–water partition coefficient (Wildman–Crippen LogP) is 6.94. The molecule has 5 aromatic rings. The smallest absolute Gasteiger partial charge is 0.268 e. The van der Waals surface area contributed by atoms with Crippen molar-refractivity contribution in [1.82, 2.24) is 0 Å². The molecule has 0 saturated carbocycles. The fourth-order valence-corrected chi connectivity index (χ4v) is 5.10. The van der Waals surface area contributed by atoms with Crippen LogP contribution in [0.2, 0.25) is 0 Å². The SMILES string of the molecule is CSC[C@H](O)c1cc(OC(c2ccccc2)c2ccccc2)c(OC(c2ccccc2)c2ccccc2)c[n+]1O. The molecule has 0 saturated heterocycles. The first-order chi connectivity index (χ1) is 19.6. The minimum Gasteiger partial charge on any atom is -0.477 e. The minimum absolute atomic E-state index is 0.313. The van der Waals surface area contributed by atoms with Crippen LogP contribution in [0.5, 0.6) is 11.5 Å². The number of pyridine rings is 1. The molecule has 0 aliphatic heterocycles. The van der Waals surface area contributed by atoms with Crippen molar-refractivity contribution in [3.8, 4) is 11.5 Å². The number of rotatable bonds is 11. The lowest BCUT2D eigenvalue weighted by Gasteiger charge is -2.24. The maximum Gasteiger partial charge on any atom is 0.268 e. The average molecular weight is 551 g/mol. The summed E-state index contributed by atoms with van der Waals surface area (Å²) in [5.41, 5.74) is 4.16. The van der Waals surface area contributed by atoms with E-state index in [2.05, 4.69) is 0 Å². The fourth-order valence-electron chi connectivity index (χ4n) is 4.62. The molecule has 0 unspecified atom stereocenters. The van der Waals surface area contributed by atoms with Crippen LogP contribution in [0.25, 0.3) is 0 Å². The highest BCUT2D eigenvalue weighted by Gasteiger charge is 2.29. The predicted molar refractivity (Wildman–Crippen MR) is 158 cm³/mol. The Kier molecular flexibility index (Phi) is 9.01. The van der Waals surface area contributed by atoms with Gasteiger partial charge in [0.1, 0.15) is 12.2 Å². The maximum absolute atomic E-state index is 10.9. The summed E-state index contributed by atoms with van der Waals surface area (Å²) in [6.07, 6.45) is 1.57. The second kappa shape index (κ2) is 13.2. The molecule has 1 heterocycles. The quantitative estimate of drug-likeness (QED) is 0.138. The highest BCUT2D eigenvalue weighted by atomic mass is 32.2. The van der Waals surface area contributed by atoms with Gasteiger partial charge in [0.15, 0.2) is 11.9 Å². The second-order valence-corrected chi connectivity index (χ2v) is 10.3. The van der Waals surface area contributed by atoms with Gasteiger partial charge in [0.2, 0.25) is 5.75 Å². The lowest BCUT2D eigenvalue weighted by molar-refractivity contribution is -0.911. The number of ether oxygens (including phenoxy) is 2. The summed E-state index contributed by atoms with van der Waals surface area (Å²) in [5, 5.41) is 21.8. The van der Waals surface area contributed by atoms with Crippen molar-refractivity contribution < 1.29 is 24.5 Å². The second-order valence-electron chi connectivity index (χ2n) is 9.38. The van der Waals surface area contributed by atoms with Crippen LogP contribution in [0, 0.1) is 0 Å². The van der Waals surface area contributed by atoms with Gasteiger partial charge in [0.25, 0.3) is 11.9 Å². The van der Waals surface area contributed by atoms with Crippen LogP contribution in [0.1, 0.15) is 46.3 Å². The van der Waals surface area contributed by atoms with E-state index < -0.39 is 18.3 Å². The molecule has 4 aromatic carbocycles. The number of hydrogen-bond donors (Lipinski definition) is 2. The number of hydrogen-bond acceptors (Lipinski definition) is 5. The normalized spacial score (nSPS) is 11.9. The van der Waals surface area contributed by atoms with E-state index in [1.54, 1.807) is 6.07 Å². The number of aliphatic hydroxyl groups excluding tert-OH is 1. The summed E-state index contributed by atoms with van der Waals surface area (Å²) < 4.78 is 14.3. The van der Waals surface area contributed by atoms with Gasteiger partial charge in [0, 0.05) is 10.5 Å². The number of nitrogens with zero attached hydrogens (tertiary/aromatic N) is 1. The lowest BCUT2D eigenvalue weighted by atomic mass is 10.0. The molecular weight excluding hydrogens is 518 g/mol. The molecule has 5 nitrogen and oxygen atoms in total. The van der Waals surface area contributed by atoms with E-state index in [0.29, 0.717) is 22.9 Å². The zero-order valence-electron chi connectivity index (χ0n) is 22.2. The third-order valence-electron chi connectivity index (χ3n) is 6.59. The number of benzene rings is 4. The Morgan fingerprint density at radius 3 is 1.38 bits per heavy atom. The van der Waals surface area contributed by atoms with Gasteiger partial charge in [-0.3, -0.25) is 5.21 Å². The van der Waals surface area contributed by atoms with Crippen LogP contribution in [-0.4, -0.2) is 22.3 Å². The van der Waals surface area contributed by atoms with Gasteiger partial charge in [0.05, 0.1) is 6.07 Å². The molecule has 0 aliphatic rings. The Labute approximate surface area is 239 Å². The average Bonchev–Trinajstić information content (AvgIpc) is 3.01. The summed E-state index contributed by atoms with van der Waals surface area (Å²) in [7, 11) is 0. The fraction of sp³-hybridized carbons (Fsp3) is 0.147. The first-order valence-electron chi connectivity index (χ1n) is 13.1. The van der Waals surface area contributed by atoms with E-state index in [1.165, 1.54) is 18.0 Å². The van der Waals surface area contributed by atoms with Crippen molar-refractivity contribution in [1.29, 1.82) is 0 Å². The summed E-state index contributed by atoms with van der Waals surface area (Å²) in [6, 6.07) is 41.5. The van der Waals surface area contributed by atoms with Crippen LogP contribution in [0.3, 0.4) is 0 Å². The van der Waals surface area contributed by atoms with E-state index in [-0.39, 0.29) is 0 Å². The van der Waals surface area contributed by atoms with Gasteiger partial charge in [-0.1, -0.05) is 121 Å². The summed E-state index contributed by atoms with van der Waals surface area (Å²) in [6.45, 7) is 0. The van der Waals surface area contributed by atoms with Crippen LogP contribution < -0.4 is 14.2 Å². The highest BCUT2D eigenvalue weighted by molar-refractivity contribution is 7.98. The van der Waals surface area contributed by atoms with Crippen molar-refractivity contribution in [3.63, 3.8) is 0 Å². The Balaban J connectivity index is 1.62. The Morgan fingerprint density at radius 1 is 0.625 bits per heavy atom. The summed E-state index contributed by atoms with van der Waals surface area (Å²) in [4.78, 5) is 0. The van der Waals surface area contributed by atoms with Crippen LogP contribution >= 0.6 is 11.8 Å². The standard InChI is InChI=1S/C34H32NO4S/c1-40-24-30(36)29-22-31(38-33(25-14-6-2-7-15-25)26-16-8-3-9-17-26)32(23-35(29)37)39-34(27-18-10-4-11-19-27)28-20-12-5-13-21-28/h2-23,30,33-34,36-37H,24H2,1H3/q+1/t30-/m0/s1. The van der Waals surface area contributed by atoms with E-state index in [4.69, 9.17) is 9.47 Å². The van der Waals surface area contributed by atoms with Crippen molar-refractivity contribution in [2.75, 3.05) is 12.0 Å². The van der Waals surface area contributed by atoms with Gasteiger partial charge in [-0.05, 0) is 28.5 Å². The van der Waals surface area contributed by atoms with Gasteiger partial charge < -0.3 is 14.6 Å². The molecule has 6 heteroatoms. The van der Waals surface area contributed by atoms with Gasteiger partial charge in [-0.15, -0.1) is 0 Å². The van der Waals surface area contributed by atoms with E-state index in [1.807, 2.05) is 128 Å². The molecular formula is C34H32NO4S+. The van der Waals surface area contributed by atoms with Crippen molar-refractivity contribution in [2.24, 2.45) is 0 Å². The van der Waals surface area contributed by atoms with Crippen LogP contribution in [-0.2, 0) is 0 Å². The van der Waals surface area contributed by atoms with E-state index in [0.717, 1.165) is 27.0 Å². The van der Waals surface area contributed by atoms with Gasteiger partial charge >= 0.3 is 0 Å². The Bertz CT molecular complexity index is 1410. The zero-order chi connectivity index (χ0) is 27.7. The lowest BCUT2D eigenvalue weighted by Crippen LogP contribution is -2.37. The van der Waals surface area contributed by atoms with E-state index >= 15 is 0 Å². The third-order valence-corrected chi connectivity index (χ3v) is 7.24. The summed E-state index contributed by atoms with van der Waals surface area (Å²) >= 11 is 1.49. The van der Waals surface area contributed by atoms with Crippen molar-refractivity contribution >= 4 is 11.8 Å². The molecule has 40 heavy (non-hydrogen) atoms.